The normalized spacial score (nSPS) is 12.7. The number of hydrogen-bond acceptors (Lipinski definition) is 3. The van der Waals surface area contributed by atoms with Crippen molar-refractivity contribution in [1.82, 2.24) is 10.3 Å². The second-order valence-corrected chi connectivity index (χ2v) is 5.28. The highest BCUT2D eigenvalue weighted by atomic mass is 79.9. The van der Waals surface area contributed by atoms with Crippen molar-refractivity contribution in [2.45, 2.75) is 13.0 Å². The molecule has 3 nitrogen and oxygen atoms in total. The lowest BCUT2D eigenvalue weighted by Gasteiger charge is -2.19. The second-order valence-electron chi connectivity index (χ2n) is 4.56. The second kappa shape index (κ2) is 5.77. The maximum atomic E-state index is 5.38. The molecule has 0 fully saturated rings. The molecule has 1 unspecified atom stereocenters. The van der Waals surface area contributed by atoms with Gasteiger partial charge in [-0.1, -0.05) is 31.2 Å². The lowest BCUT2D eigenvalue weighted by atomic mass is 9.98. The molecule has 0 spiro atoms. The van der Waals surface area contributed by atoms with Crippen molar-refractivity contribution >= 4 is 26.8 Å². The molecule has 0 saturated heterocycles. The van der Waals surface area contributed by atoms with Crippen molar-refractivity contribution in [3.8, 4) is 0 Å². The van der Waals surface area contributed by atoms with Gasteiger partial charge in [0, 0.05) is 17.1 Å². The van der Waals surface area contributed by atoms with Gasteiger partial charge in [-0.15, -0.1) is 0 Å². The Bertz CT molecular complexity index is 718. The molecule has 4 heteroatoms. The summed E-state index contributed by atoms with van der Waals surface area (Å²) < 4.78 is 6.14. The standard InChI is InChI=1S/C16H15BrN2O/c1-2-18-15(13-8-10-20-16(13)17)12-7-3-5-11-6-4-9-19-14(11)12/h3-10,15,18H,2H2,1H3. The summed E-state index contributed by atoms with van der Waals surface area (Å²) in [6, 6.07) is 12.4. The molecule has 2 aromatic heterocycles. The third-order valence-corrected chi connectivity index (χ3v) is 3.99. The number of nitrogens with zero attached hydrogens (tertiary/aromatic N) is 1. The maximum Gasteiger partial charge on any atom is 0.174 e. The van der Waals surface area contributed by atoms with Crippen molar-refractivity contribution in [1.29, 1.82) is 0 Å². The van der Waals surface area contributed by atoms with Gasteiger partial charge in [-0.3, -0.25) is 4.98 Å². The van der Waals surface area contributed by atoms with E-state index in [0.29, 0.717) is 0 Å². The summed E-state index contributed by atoms with van der Waals surface area (Å²) in [6.07, 6.45) is 3.53. The molecular weight excluding hydrogens is 316 g/mol. The number of benzene rings is 1. The van der Waals surface area contributed by atoms with Gasteiger partial charge in [0.1, 0.15) is 0 Å². The van der Waals surface area contributed by atoms with Crippen LogP contribution in [-0.2, 0) is 0 Å². The van der Waals surface area contributed by atoms with Gasteiger partial charge in [0.15, 0.2) is 4.67 Å². The molecule has 0 bridgehead atoms. The van der Waals surface area contributed by atoms with E-state index in [1.807, 2.05) is 18.3 Å². The summed E-state index contributed by atoms with van der Waals surface area (Å²) in [4.78, 5) is 4.54. The van der Waals surface area contributed by atoms with Crippen LogP contribution >= 0.6 is 15.9 Å². The van der Waals surface area contributed by atoms with Gasteiger partial charge >= 0.3 is 0 Å². The Morgan fingerprint density at radius 3 is 2.80 bits per heavy atom. The molecule has 1 aromatic carbocycles. The van der Waals surface area contributed by atoms with E-state index < -0.39 is 0 Å². The Morgan fingerprint density at radius 2 is 2.05 bits per heavy atom. The number of pyridine rings is 1. The van der Waals surface area contributed by atoms with E-state index in [4.69, 9.17) is 4.42 Å². The van der Waals surface area contributed by atoms with E-state index >= 15 is 0 Å². The Morgan fingerprint density at radius 1 is 1.20 bits per heavy atom. The van der Waals surface area contributed by atoms with Gasteiger partial charge in [-0.25, -0.2) is 0 Å². The number of aromatic nitrogens is 1. The lowest BCUT2D eigenvalue weighted by Crippen LogP contribution is -2.22. The highest BCUT2D eigenvalue weighted by Gasteiger charge is 2.20. The number of rotatable bonds is 4. The fourth-order valence-corrected chi connectivity index (χ4v) is 2.93. The topological polar surface area (TPSA) is 38.1 Å². The summed E-state index contributed by atoms with van der Waals surface area (Å²) in [5, 5.41) is 4.65. The lowest BCUT2D eigenvalue weighted by molar-refractivity contribution is 0.527. The molecule has 0 aliphatic rings. The van der Waals surface area contributed by atoms with E-state index in [1.54, 1.807) is 6.26 Å². The molecule has 0 radical (unpaired) electrons. The van der Waals surface area contributed by atoms with Crippen LogP contribution in [0.4, 0.5) is 0 Å². The van der Waals surface area contributed by atoms with Crippen LogP contribution in [0, 0.1) is 0 Å². The smallest absolute Gasteiger partial charge is 0.174 e. The van der Waals surface area contributed by atoms with Crippen LogP contribution in [0.5, 0.6) is 0 Å². The largest absolute Gasteiger partial charge is 0.457 e. The number of fused-ring (bicyclic) bond motifs is 1. The fourth-order valence-electron chi connectivity index (χ4n) is 2.46. The number of para-hydroxylation sites is 1. The summed E-state index contributed by atoms with van der Waals surface area (Å²) >= 11 is 3.47. The van der Waals surface area contributed by atoms with Crippen molar-refractivity contribution in [3.63, 3.8) is 0 Å². The highest BCUT2D eigenvalue weighted by molar-refractivity contribution is 9.10. The SMILES string of the molecule is CCNC(c1ccoc1Br)c1cccc2cccnc12. The van der Waals surface area contributed by atoms with Crippen LogP contribution < -0.4 is 5.32 Å². The van der Waals surface area contributed by atoms with Crippen LogP contribution in [-0.4, -0.2) is 11.5 Å². The van der Waals surface area contributed by atoms with E-state index in [9.17, 15) is 0 Å². The van der Waals surface area contributed by atoms with Crippen LogP contribution in [0.25, 0.3) is 10.9 Å². The van der Waals surface area contributed by atoms with E-state index in [-0.39, 0.29) is 6.04 Å². The minimum Gasteiger partial charge on any atom is -0.457 e. The Kier molecular flexibility index (Phi) is 3.85. The first-order chi connectivity index (χ1) is 9.81. The molecule has 0 aliphatic heterocycles. The fraction of sp³-hybridized carbons (Fsp3) is 0.188. The zero-order valence-electron chi connectivity index (χ0n) is 11.1. The molecule has 0 amide bonds. The van der Waals surface area contributed by atoms with Gasteiger partial charge in [-0.05, 0) is 40.2 Å². The first-order valence-corrected chi connectivity index (χ1v) is 7.40. The monoisotopic (exact) mass is 330 g/mol. The minimum absolute atomic E-state index is 0.0618. The number of nitrogens with one attached hydrogen (secondary N) is 1. The Labute approximate surface area is 126 Å². The van der Waals surface area contributed by atoms with Gasteiger partial charge in [0.25, 0.3) is 0 Å². The third kappa shape index (κ3) is 2.37. The Hall–Kier alpha value is -1.65. The predicted octanol–water partition coefficient (Wildman–Crippen LogP) is 4.29. The molecule has 1 N–H and O–H groups in total. The maximum absolute atomic E-state index is 5.38. The highest BCUT2D eigenvalue weighted by Crippen LogP contribution is 2.32. The molecule has 20 heavy (non-hydrogen) atoms. The number of hydrogen-bond donors (Lipinski definition) is 1. The van der Waals surface area contributed by atoms with Crippen LogP contribution in [0.3, 0.4) is 0 Å². The zero-order chi connectivity index (χ0) is 13.9. The van der Waals surface area contributed by atoms with Crippen molar-refractivity contribution in [2.75, 3.05) is 6.54 Å². The molecule has 0 saturated carbocycles. The summed E-state index contributed by atoms with van der Waals surface area (Å²) in [5.41, 5.74) is 3.27. The molecule has 3 rings (SSSR count). The van der Waals surface area contributed by atoms with Gasteiger partial charge in [0.05, 0.1) is 17.8 Å². The van der Waals surface area contributed by atoms with Crippen molar-refractivity contribution < 1.29 is 4.42 Å². The molecular formula is C16H15BrN2O. The van der Waals surface area contributed by atoms with Gasteiger partial charge in [0.2, 0.25) is 0 Å². The molecule has 0 aliphatic carbocycles. The summed E-state index contributed by atoms with van der Waals surface area (Å²) in [5.74, 6) is 0. The van der Waals surface area contributed by atoms with Crippen molar-refractivity contribution in [2.24, 2.45) is 0 Å². The predicted molar refractivity (Wildman–Crippen MR) is 83.7 cm³/mol. The van der Waals surface area contributed by atoms with E-state index in [1.165, 1.54) is 0 Å². The number of halogens is 1. The van der Waals surface area contributed by atoms with E-state index in [2.05, 4.69) is 57.4 Å². The number of furan rings is 1. The molecule has 1 atom stereocenters. The van der Waals surface area contributed by atoms with Gasteiger partial charge < -0.3 is 9.73 Å². The first kappa shape index (κ1) is 13.3. The molecule has 2 heterocycles. The van der Waals surface area contributed by atoms with Crippen LogP contribution in [0.15, 0.2) is 57.9 Å². The summed E-state index contributed by atoms with van der Waals surface area (Å²) in [6.45, 7) is 2.96. The average molecular weight is 331 g/mol. The average Bonchev–Trinajstić information content (AvgIpc) is 2.90. The minimum atomic E-state index is 0.0618. The molecule has 3 aromatic rings. The Balaban J connectivity index is 2.17. The van der Waals surface area contributed by atoms with Crippen molar-refractivity contribution in [3.05, 3.63) is 64.7 Å². The van der Waals surface area contributed by atoms with Crippen LogP contribution in [0.2, 0.25) is 0 Å². The zero-order valence-corrected chi connectivity index (χ0v) is 12.7. The van der Waals surface area contributed by atoms with Gasteiger partial charge in [-0.2, -0.15) is 0 Å². The van der Waals surface area contributed by atoms with Crippen LogP contribution in [0.1, 0.15) is 24.1 Å². The van der Waals surface area contributed by atoms with E-state index in [0.717, 1.165) is 33.2 Å². The third-order valence-electron chi connectivity index (χ3n) is 3.34. The summed E-state index contributed by atoms with van der Waals surface area (Å²) in [7, 11) is 0. The first-order valence-electron chi connectivity index (χ1n) is 6.61. The molecule has 102 valence electrons. The quantitative estimate of drug-likeness (QED) is 0.775.